The fraction of sp³-hybridized carbons (Fsp3) is 0.267. The van der Waals surface area contributed by atoms with E-state index in [4.69, 9.17) is 17.4 Å². The second kappa shape index (κ2) is 7.13. The summed E-state index contributed by atoms with van der Waals surface area (Å²) in [5, 5.41) is -1.72. The molecule has 1 aliphatic rings. The Kier molecular flexibility index (Phi) is 5.62. The van der Waals surface area contributed by atoms with Crippen LogP contribution in [0.15, 0.2) is 41.7 Å². The number of halogens is 10. The maximum absolute atomic E-state index is 13.4. The van der Waals surface area contributed by atoms with Crippen molar-refractivity contribution in [3.63, 3.8) is 0 Å². The number of hydrogen-bond acceptors (Lipinski definition) is 3. The molecule has 29 heavy (non-hydrogen) atoms. The molecule has 1 aromatic rings. The lowest BCUT2D eigenvalue weighted by atomic mass is 9.98. The summed E-state index contributed by atoms with van der Waals surface area (Å²) in [4.78, 5) is 12.4. The first-order chi connectivity index (χ1) is 13.0. The van der Waals surface area contributed by atoms with Crippen molar-refractivity contribution >= 4 is 17.5 Å². The molecule has 160 valence electrons. The molecule has 0 saturated carbocycles. The molecule has 0 aromatic heterocycles. The van der Waals surface area contributed by atoms with Gasteiger partial charge in [-0.05, 0) is 12.1 Å². The Bertz CT molecular complexity index is 873. The second-order valence-electron chi connectivity index (χ2n) is 5.63. The van der Waals surface area contributed by atoms with Gasteiger partial charge in [-0.3, -0.25) is 14.7 Å². The quantitative estimate of drug-likeness (QED) is 0.512. The number of carbonyl (C=O) groups excluding carboxylic acids is 1. The van der Waals surface area contributed by atoms with Crippen LogP contribution in [-0.2, 0) is 17.1 Å². The van der Waals surface area contributed by atoms with Crippen molar-refractivity contribution in [3.8, 4) is 0 Å². The maximum atomic E-state index is 13.4. The van der Waals surface area contributed by atoms with Crippen LogP contribution >= 0.6 is 11.6 Å². The highest BCUT2D eigenvalue weighted by Gasteiger charge is 2.51. The van der Waals surface area contributed by atoms with E-state index in [0.29, 0.717) is 6.20 Å². The van der Waals surface area contributed by atoms with Gasteiger partial charge in [0.15, 0.2) is 5.70 Å². The Labute approximate surface area is 161 Å². The van der Waals surface area contributed by atoms with Crippen molar-refractivity contribution in [2.24, 2.45) is 5.84 Å². The highest BCUT2D eigenvalue weighted by molar-refractivity contribution is 6.42. The van der Waals surface area contributed by atoms with E-state index in [1.807, 2.05) is 0 Å². The summed E-state index contributed by atoms with van der Waals surface area (Å²) in [7, 11) is 0. The molecule has 0 bridgehead atoms. The zero-order valence-electron chi connectivity index (χ0n) is 13.8. The average molecular weight is 454 g/mol. The summed E-state index contributed by atoms with van der Waals surface area (Å²) in [6.45, 7) is 3.11. The van der Waals surface area contributed by atoms with Crippen LogP contribution in [0.25, 0.3) is 0 Å². The molecular weight excluding hydrogens is 445 g/mol. The predicted octanol–water partition coefficient (Wildman–Crippen LogP) is 4.90. The molecule has 0 saturated heterocycles. The number of allylic oxidation sites excluding steroid dienone is 1. The molecule has 1 unspecified atom stereocenters. The van der Waals surface area contributed by atoms with Crippen LogP contribution in [-0.4, -0.2) is 22.0 Å². The van der Waals surface area contributed by atoms with E-state index in [1.54, 1.807) is 0 Å². The van der Waals surface area contributed by atoms with Gasteiger partial charge in [0, 0.05) is 11.8 Å². The summed E-state index contributed by atoms with van der Waals surface area (Å²) < 4.78 is 119. The second-order valence-corrected chi connectivity index (χ2v) is 6.01. The molecule has 1 heterocycles. The monoisotopic (exact) mass is 453 g/mol. The highest BCUT2D eigenvalue weighted by Crippen LogP contribution is 2.46. The van der Waals surface area contributed by atoms with Crippen LogP contribution in [0.3, 0.4) is 0 Å². The minimum Gasteiger partial charge on any atom is -0.288 e. The molecule has 1 atom stereocenters. The van der Waals surface area contributed by atoms with Gasteiger partial charge in [-0.25, -0.2) is 5.84 Å². The van der Waals surface area contributed by atoms with Crippen molar-refractivity contribution in [1.82, 2.24) is 9.91 Å². The number of alkyl halides is 9. The van der Waals surface area contributed by atoms with E-state index in [-0.39, 0.29) is 28.1 Å². The van der Waals surface area contributed by atoms with Gasteiger partial charge in [-0.15, -0.1) is 0 Å². The van der Waals surface area contributed by atoms with Crippen molar-refractivity contribution in [1.29, 1.82) is 0 Å². The molecule has 2 rings (SSSR count). The summed E-state index contributed by atoms with van der Waals surface area (Å²) in [5.74, 6) is 3.75. The van der Waals surface area contributed by atoms with Gasteiger partial charge in [-0.2, -0.15) is 39.5 Å². The Balaban J connectivity index is 2.81. The third kappa shape index (κ3) is 4.15. The lowest BCUT2D eigenvalue weighted by Crippen LogP contribution is -2.53. The Hall–Kier alpha value is -2.41. The molecule has 2 N–H and O–H groups in total. The van der Waals surface area contributed by atoms with Gasteiger partial charge >= 0.3 is 18.5 Å². The number of hydrogen-bond donors (Lipinski definition) is 1. The summed E-state index contributed by atoms with van der Waals surface area (Å²) in [5.41, 5.74) is -6.74. The van der Waals surface area contributed by atoms with Crippen LogP contribution in [0.2, 0.25) is 0 Å². The topological polar surface area (TPSA) is 49.6 Å². The average Bonchev–Trinajstić information content (AvgIpc) is 2.54. The SMILES string of the molecule is C=CN1C(=O)C(Cl)=C(C(F)(F)F)N(N)C1c1ccc(C(F)(F)F)cc1C(F)(F)F. The van der Waals surface area contributed by atoms with Crippen LogP contribution in [0.1, 0.15) is 22.9 Å². The standard InChI is InChI=1S/C15H9ClF9N3O/c1-2-27-11(28(26)10(15(23,24)25)9(16)12(27)29)7-4-3-6(13(17,18)19)5-8(7)14(20,21)22/h2-5,11H,1,26H2. The van der Waals surface area contributed by atoms with Crippen molar-refractivity contribution in [2.45, 2.75) is 24.7 Å². The molecular formula is C15H9ClF9N3O. The molecule has 14 heteroatoms. The number of carbonyl (C=O) groups is 1. The van der Waals surface area contributed by atoms with Crippen LogP contribution in [0.4, 0.5) is 39.5 Å². The van der Waals surface area contributed by atoms with E-state index in [2.05, 4.69) is 6.58 Å². The fourth-order valence-electron chi connectivity index (χ4n) is 2.65. The molecule has 0 spiro atoms. The normalized spacial score (nSPS) is 19.1. The highest BCUT2D eigenvalue weighted by atomic mass is 35.5. The summed E-state index contributed by atoms with van der Waals surface area (Å²) in [6, 6.07) is 0.215. The first-order valence-electron chi connectivity index (χ1n) is 7.26. The molecule has 0 radical (unpaired) electrons. The molecule has 0 aliphatic carbocycles. The van der Waals surface area contributed by atoms with Gasteiger partial charge in [0.25, 0.3) is 5.91 Å². The smallest absolute Gasteiger partial charge is 0.288 e. The third-order valence-electron chi connectivity index (χ3n) is 3.84. The number of nitrogens with two attached hydrogens (primary N) is 1. The molecule has 0 fully saturated rings. The van der Waals surface area contributed by atoms with Gasteiger partial charge in [-0.1, -0.05) is 24.2 Å². The van der Waals surface area contributed by atoms with E-state index in [9.17, 15) is 44.3 Å². The van der Waals surface area contributed by atoms with Gasteiger partial charge in [0.05, 0.1) is 11.1 Å². The molecule has 1 aromatic carbocycles. The van der Waals surface area contributed by atoms with Crippen LogP contribution in [0, 0.1) is 0 Å². The fourth-order valence-corrected chi connectivity index (χ4v) is 2.95. The van der Waals surface area contributed by atoms with E-state index in [1.165, 1.54) is 0 Å². The minimum atomic E-state index is -5.42. The van der Waals surface area contributed by atoms with Gasteiger partial charge in [0.2, 0.25) is 0 Å². The Morgan fingerprint density at radius 3 is 1.97 bits per heavy atom. The van der Waals surface area contributed by atoms with E-state index in [0.717, 1.165) is 0 Å². The summed E-state index contributed by atoms with van der Waals surface area (Å²) >= 11 is 5.38. The zero-order chi connectivity index (χ0) is 22.5. The number of benzene rings is 1. The number of hydrazine groups is 1. The first-order valence-corrected chi connectivity index (χ1v) is 7.64. The Morgan fingerprint density at radius 1 is 1.00 bits per heavy atom. The van der Waals surface area contributed by atoms with Gasteiger partial charge in [0.1, 0.15) is 11.2 Å². The van der Waals surface area contributed by atoms with Crippen molar-refractivity contribution in [2.75, 3.05) is 0 Å². The van der Waals surface area contributed by atoms with E-state index < -0.39 is 58.0 Å². The lowest BCUT2D eigenvalue weighted by Gasteiger charge is -2.42. The molecule has 1 amide bonds. The van der Waals surface area contributed by atoms with Crippen molar-refractivity contribution < 1.29 is 44.3 Å². The maximum Gasteiger partial charge on any atom is 0.434 e. The lowest BCUT2D eigenvalue weighted by molar-refractivity contribution is -0.151. The van der Waals surface area contributed by atoms with Crippen LogP contribution in [0.5, 0.6) is 0 Å². The number of amides is 1. The van der Waals surface area contributed by atoms with Crippen LogP contribution < -0.4 is 5.84 Å². The van der Waals surface area contributed by atoms with Gasteiger partial charge < -0.3 is 0 Å². The number of rotatable bonds is 2. The first kappa shape index (κ1) is 22.9. The summed E-state index contributed by atoms with van der Waals surface area (Å²) in [6.07, 6.45) is -17.7. The largest absolute Gasteiger partial charge is 0.434 e. The molecule has 4 nitrogen and oxygen atoms in total. The van der Waals surface area contributed by atoms with Crippen molar-refractivity contribution in [3.05, 3.63) is 58.4 Å². The Morgan fingerprint density at radius 2 is 1.55 bits per heavy atom. The predicted molar refractivity (Wildman–Crippen MR) is 81.2 cm³/mol. The third-order valence-corrected chi connectivity index (χ3v) is 4.19. The molecule has 1 aliphatic heterocycles. The zero-order valence-corrected chi connectivity index (χ0v) is 14.5. The number of nitrogens with zero attached hydrogens (tertiary/aromatic N) is 2. The minimum absolute atomic E-state index is 0.220. The van der Waals surface area contributed by atoms with E-state index >= 15 is 0 Å².